The molecule has 1 heterocycles. The van der Waals surface area contributed by atoms with Crippen molar-refractivity contribution in [1.29, 1.82) is 0 Å². The van der Waals surface area contributed by atoms with E-state index in [1.54, 1.807) is 6.92 Å². The van der Waals surface area contributed by atoms with Crippen molar-refractivity contribution in [3.63, 3.8) is 0 Å². The largest absolute Gasteiger partial charge is 0.368 e. The average Bonchev–Trinajstić information content (AvgIpc) is 2.40. The molecule has 0 saturated heterocycles. The third-order valence-corrected chi connectivity index (χ3v) is 3.25. The van der Waals surface area contributed by atoms with Crippen molar-refractivity contribution in [2.75, 3.05) is 11.9 Å². The topological polar surface area (TPSA) is 37.8 Å². The fraction of sp³-hybridized carbons (Fsp3) is 0.412. The molecule has 0 spiro atoms. The first-order valence-electron chi connectivity index (χ1n) is 7.33. The molecule has 0 radical (unpaired) electrons. The van der Waals surface area contributed by atoms with Gasteiger partial charge in [-0.3, -0.25) is 0 Å². The quantitative estimate of drug-likeness (QED) is 0.904. The van der Waals surface area contributed by atoms with E-state index in [1.807, 2.05) is 6.92 Å². The van der Waals surface area contributed by atoms with Crippen LogP contribution in [0.15, 0.2) is 18.2 Å². The van der Waals surface area contributed by atoms with Gasteiger partial charge < -0.3 is 5.32 Å². The number of aromatic nitrogens is 2. The Balaban J connectivity index is 2.29. The summed E-state index contributed by atoms with van der Waals surface area (Å²) in [5.74, 6) is 0.605. The lowest BCUT2D eigenvalue weighted by Gasteiger charge is -2.10. The Labute approximate surface area is 125 Å². The third-order valence-electron chi connectivity index (χ3n) is 3.25. The summed E-state index contributed by atoms with van der Waals surface area (Å²) >= 11 is 0. The van der Waals surface area contributed by atoms with Crippen LogP contribution in [0.1, 0.15) is 41.6 Å². The summed E-state index contributed by atoms with van der Waals surface area (Å²) in [4.78, 5) is 8.60. The van der Waals surface area contributed by atoms with Gasteiger partial charge in [0.25, 0.3) is 0 Å². The van der Waals surface area contributed by atoms with E-state index >= 15 is 0 Å². The zero-order chi connectivity index (χ0) is 15.4. The number of hydrogen-bond donors (Lipinski definition) is 1. The van der Waals surface area contributed by atoms with E-state index in [4.69, 9.17) is 0 Å². The molecule has 112 valence electrons. The van der Waals surface area contributed by atoms with Gasteiger partial charge >= 0.3 is 0 Å². The Morgan fingerprint density at radius 2 is 1.71 bits per heavy atom. The normalized spacial score (nSPS) is 10.7. The van der Waals surface area contributed by atoms with Crippen LogP contribution in [0.3, 0.4) is 0 Å². The van der Waals surface area contributed by atoms with Crippen LogP contribution in [0.4, 0.5) is 10.2 Å². The number of nitrogens with zero attached hydrogens (tertiary/aromatic N) is 2. The van der Waals surface area contributed by atoms with Crippen LogP contribution >= 0.6 is 0 Å². The molecular weight excluding hydrogens is 265 g/mol. The van der Waals surface area contributed by atoms with Crippen molar-refractivity contribution in [3.05, 3.63) is 52.2 Å². The second-order valence-electron chi connectivity index (χ2n) is 5.49. The predicted molar refractivity (Wildman–Crippen MR) is 84.2 cm³/mol. The summed E-state index contributed by atoms with van der Waals surface area (Å²) in [6.07, 6.45) is 1.54. The minimum Gasteiger partial charge on any atom is -0.368 e. The first-order chi connectivity index (χ1) is 9.99. The lowest BCUT2D eigenvalue weighted by atomic mass is 10.0. The van der Waals surface area contributed by atoms with Crippen molar-refractivity contribution in [2.45, 2.75) is 40.5 Å². The van der Waals surface area contributed by atoms with E-state index in [0.717, 1.165) is 12.0 Å². The number of halogens is 1. The maximum Gasteiger partial charge on any atom is 0.186 e. The smallest absolute Gasteiger partial charge is 0.186 e. The van der Waals surface area contributed by atoms with E-state index < -0.39 is 0 Å². The van der Waals surface area contributed by atoms with Crippen molar-refractivity contribution in [3.8, 4) is 0 Å². The van der Waals surface area contributed by atoms with Crippen LogP contribution in [0.2, 0.25) is 0 Å². The van der Waals surface area contributed by atoms with Crippen molar-refractivity contribution in [2.24, 2.45) is 0 Å². The molecule has 0 saturated carbocycles. The van der Waals surface area contributed by atoms with Gasteiger partial charge in [0.2, 0.25) is 0 Å². The van der Waals surface area contributed by atoms with Gasteiger partial charge in [-0.2, -0.15) is 0 Å². The number of aryl methyl sites for hydroxylation is 3. The molecule has 0 bridgehead atoms. The molecule has 0 aliphatic rings. The molecule has 0 unspecified atom stereocenters. The number of hydrogen-bond acceptors (Lipinski definition) is 3. The zero-order valence-corrected chi connectivity index (χ0v) is 13.1. The van der Waals surface area contributed by atoms with E-state index in [1.165, 1.54) is 11.1 Å². The first-order valence-corrected chi connectivity index (χ1v) is 7.33. The molecule has 1 aromatic carbocycles. The molecule has 0 aliphatic heterocycles. The Kier molecular flexibility index (Phi) is 4.89. The summed E-state index contributed by atoms with van der Waals surface area (Å²) in [6, 6.07) is 6.37. The number of benzene rings is 1. The maximum atomic E-state index is 14.0. The minimum atomic E-state index is -0.354. The summed E-state index contributed by atoms with van der Waals surface area (Å²) in [5.41, 5.74) is 3.98. The summed E-state index contributed by atoms with van der Waals surface area (Å²) < 4.78 is 14.0. The van der Waals surface area contributed by atoms with Gasteiger partial charge in [0.05, 0.1) is 5.69 Å². The second-order valence-corrected chi connectivity index (χ2v) is 5.49. The van der Waals surface area contributed by atoms with E-state index in [2.05, 4.69) is 47.3 Å². The van der Waals surface area contributed by atoms with Gasteiger partial charge in [0, 0.05) is 13.0 Å². The molecule has 2 aromatic rings. The molecule has 1 N–H and O–H groups in total. The van der Waals surface area contributed by atoms with Crippen molar-refractivity contribution < 1.29 is 4.39 Å². The van der Waals surface area contributed by atoms with E-state index in [9.17, 15) is 4.39 Å². The first kappa shape index (κ1) is 15.4. The molecule has 0 aliphatic carbocycles. The highest BCUT2D eigenvalue weighted by Gasteiger charge is 2.11. The summed E-state index contributed by atoms with van der Waals surface area (Å²) in [6.45, 7) is 8.56. The Morgan fingerprint density at radius 1 is 1.05 bits per heavy atom. The predicted octanol–water partition coefficient (Wildman–Crippen LogP) is 3.95. The number of nitrogens with one attached hydrogen (secondary N) is 1. The Bertz CT molecular complexity index is 618. The van der Waals surface area contributed by atoms with Crippen molar-refractivity contribution in [1.82, 2.24) is 9.97 Å². The standard InChI is InChI=1S/C17H22FN3/c1-5-6-19-17-16(18)13(4)20-15(21-17)10-14-8-11(2)7-12(3)9-14/h7-9H,5-6,10H2,1-4H3,(H,19,20,21). The molecule has 0 amide bonds. The fourth-order valence-electron chi connectivity index (χ4n) is 2.41. The SMILES string of the molecule is CCCNc1nc(Cc2cc(C)cc(C)c2)nc(C)c1F. The molecule has 4 heteroatoms. The highest BCUT2D eigenvalue weighted by atomic mass is 19.1. The van der Waals surface area contributed by atoms with Crippen LogP contribution in [-0.2, 0) is 6.42 Å². The van der Waals surface area contributed by atoms with E-state index in [-0.39, 0.29) is 5.82 Å². The summed E-state index contributed by atoms with van der Waals surface area (Å²) in [5, 5.41) is 3.03. The molecular formula is C17H22FN3. The Morgan fingerprint density at radius 3 is 2.33 bits per heavy atom. The molecule has 0 atom stereocenters. The van der Waals surface area contributed by atoms with Crippen LogP contribution in [0.5, 0.6) is 0 Å². The molecule has 3 nitrogen and oxygen atoms in total. The van der Waals surface area contributed by atoms with Gasteiger partial charge in [-0.15, -0.1) is 0 Å². The van der Waals surface area contributed by atoms with Gasteiger partial charge in [0.1, 0.15) is 5.82 Å². The zero-order valence-electron chi connectivity index (χ0n) is 13.1. The lowest BCUT2D eigenvalue weighted by molar-refractivity contribution is 0.600. The second kappa shape index (κ2) is 6.66. The average molecular weight is 287 g/mol. The molecule has 1 aromatic heterocycles. The van der Waals surface area contributed by atoms with Crippen LogP contribution in [0, 0.1) is 26.6 Å². The number of anilines is 1. The molecule has 21 heavy (non-hydrogen) atoms. The van der Waals surface area contributed by atoms with Crippen LogP contribution < -0.4 is 5.32 Å². The van der Waals surface area contributed by atoms with Gasteiger partial charge in [-0.05, 0) is 32.8 Å². The van der Waals surface area contributed by atoms with E-state index in [0.29, 0.717) is 30.3 Å². The monoisotopic (exact) mass is 287 g/mol. The van der Waals surface area contributed by atoms with Gasteiger partial charge in [-0.1, -0.05) is 36.2 Å². The highest BCUT2D eigenvalue weighted by molar-refractivity contribution is 5.39. The fourth-order valence-corrected chi connectivity index (χ4v) is 2.41. The minimum absolute atomic E-state index is 0.309. The highest BCUT2D eigenvalue weighted by Crippen LogP contribution is 2.17. The van der Waals surface area contributed by atoms with Gasteiger partial charge in [0.15, 0.2) is 11.6 Å². The van der Waals surface area contributed by atoms with Crippen LogP contribution in [-0.4, -0.2) is 16.5 Å². The van der Waals surface area contributed by atoms with Crippen molar-refractivity contribution >= 4 is 5.82 Å². The van der Waals surface area contributed by atoms with Crippen LogP contribution in [0.25, 0.3) is 0 Å². The third kappa shape index (κ3) is 4.00. The van der Waals surface area contributed by atoms with Gasteiger partial charge in [-0.25, -0.2) is 14.4 Å². The Hall–Kier alpha value is -1.97. The number of rotatable bonds is 5. The molecule has 0 fully saturated rings. The lowest BCUT2D eigenvalue weighted by Crippen LogP contribution is -2.10. The molecule has 2 rings (SSSR count). The maximum absolute atomic E-state index is 14.0. The summed E-state index contributed by atoms with van der Waals surface area (Å²) in [7, 11) is 0.